The molecule has 0 saturated heterocycles. The van der Waals surface area contributed by atoms with Gasteiger partial charge in [-0.1, -0.05) is 12.1 Å². The number of amides is 1. The molecule has 2 aromatic rings. The second kappa shape index (κ2) is 6.42. The van der Waals surface area contributed by atoms with Crippen molar-refractivity contribution in [3.63, 3.8) is 0 Å². The Morgan fingerprint density at radius 1 is 1.33 bits per heavy atom. The Bertz CT molecular complexity index is 711. The van der Waals surface area contributed by atoms with E-state index in [1.165, 1.54) is 18.2 Å². The number of anilines is 1. The van der Waals surface area contributed by atoms with Crippen LogP contribution in [0.2, 0.25) is 0 Å². The van der Waals surface area contributed by atoms with E-state index in [-0.39, 0.29) is 11.6 Å². The van der Waals surface area contributed by atoms with Gasteiger partial charge in [-0.25, -0.2) is 0 Å². The summed E-state index contributed by atoms with van der Waals surface area (Å²) in [6.07, 6.45) is 5.86. The maximum absolute atomic E-state index is 11.8. The van der Waals surface area contributed by atoms with Gasteiger partial charge < -0.3 is 5.32 Å². The molecule has 0 bridgehead atoms. The predicted octanol–water partition coefficient (Wildman–Crippen LogP) is 2.95. The third kappa shape index (κ3) is 3.73. The summed E-state index contributed by atoms with van der Waals surface area (Å²) >= 11 is 0. The van der Waals surface area contributed by atoms with E-state index < -0.39 is 4.92 Å². The van der Waals surface area contributed by atoms with E-state index in [1.807, 2.05) is 6.92 Å². The van der Waals surface area contributed by atoms with Gasteiger partial charge in [-0.2, -0.15) is 0 Å². The van der Waals surface area contributed by atoms with E-state index >= 15 is 0 Å². The molecule has 0 fully saturated rings. The summed E-state index contributed by atoms with van der Waals surface area (Å²) in [5.41, 5.74) is 1.83. The van der Waals surface area contributed by atoms with Crippen molar-refractivity contribution in [2.75, 3.05) is 5.32 Å². The molecular weight excluding hydrogens is 270 g/mol. The fraction of sp³-hybridized carbons (Fsp3) is 0.0667. The molecule has 0 saturated carbocycles. The van der Waals surface area contributed by atoms with Gasteiger partial charge in [0.25, 0.3) is 5.69 Å². The number of para-hydroxylation sites is 1. The quantitative estimate of drug-likeness (QED) is 0.531. The first-order chi connectivity index (χ1) is 10.1. The zero-order valence-electron chi connectivity index (χ0n) is 11.3. The number of pyridine rings is 1. The number of aryl methyl sites for hydroxylation is 1. The number of rotatable bonds is 4. The van der Waals surface area contributed by atoms with Crippen LogP contribution in [0.3, 0.4) is 0 Å². The van der Waals surface area contributed by atoms with Gasteiger partial charge in [0.15, 0.2) is 0 Å². The Morgan fingerprint density at radius 3 is 2.81 bits per heavy atom. The van der Waals surface area contributed by atoms with Crippen LogP contribution in [-0.4, -0.2) is 15.8 Å². The molecule has 21 heavy (non-hydrogen) atoms. The molecule has 0 spiro atoms. The molecule has 1 N–H and O–H groups in total. The van der Waals surface area contributed by atoms with Gasteiger partial charge in [0.2, 0.25) is 5.91 Å². The summed E-state index contributed by atoms with van der Waals surface area (Å²) in [7, 11) is 0. The lowest BCUT2D eigenvalue weighted by atomic mass is 10.1. The first kappa shape index (κ1) is 14.4. The van der Waals surface area contributed by atoms with Gasteiger partial charge in [-0.15, -0.1) is 0 Å². The van der Waals surface area contributed by atoms with Crippen molar-refractivity contribution in [3.8, 4) is 0 Å². The Labute approximate surface area is 121 Å². The SMILES string of the molecule is Cc1ccncc1NC(=O)/C=C/c1ccccc1[N+](=O)[O-]. The van der Waals surface area contributed by atoms with E-state index in [1.54, 1.807) is 36.7 Å². The highest BCUT2D eigenvalue weighted by Crippen LogP contribution is 2.19. The highest BCUT2D eigenvalue weighted by atomic mass is 16.6. The number of carbonyl (C=O) groups is 1. The second-order valence-electron chi connectivity index (χ2n) is 4.33. The van der Waals surface area contributed by atoms with Crippen molar-refractivity contribution < 1.29 is 9.72 Å². The molecule has 0 unspecified atom stereocenters. The lowest BCUT2D eigenvalue weighted by Gasteiger charge is -2.04. The van der Waals surface area contributed by atoms with Crippen LogP contribution in [0.1, 0.15) is 11.1 Å². The smallest absolute Gasteiger partial charge is 0.276 e. The number of aromatic nitrogens is 1. The van der Waals surface area contributed by atoms with Gasteiger partial charge in [0, 0.05) is 18.3 Å². The van der Waals surface area contributed by atoms with Crippen LogP contribution in [-0.2, 0) is 4.79 Å². The Hall–Kier alpha value is -3.02. The highest BCUT2D eigenvalue weighted by molar-refractivity contribution is 6.02. The number of nitrogens with zero attached hydrogens (tertiary/aromatic N) is 2. The van der Waals surface area contributed by atoms with E-state index in [0.717, 1.165) is 5.56 Å². The number of benzene rings is 1. The molecule has 0 aliphatic rings. The molecule has 0 radical (unpaired) electrons. The number of hydrogen-bond acceptors (Lipinski definition) is 4. The minimum Gasteiger partial charge on any atom is -0.321 e. The van der Waals surface area contributed by atoms with Crippen LogP contribution >= 0.6 is 0 Å². The minimum absolute atomic E-state index is 0.0425. The Kier molecular flexibility index (Phi) is 4.40. The minimum atomic E-state index is -0.483. The van der Waals surface area contributed by atoms with E-state index in [4.69, 9.17) is 0 Å². The van der Waals surface area contributed by atoms with Crippen LogP contribution in [0.5, 0.6) is 0 Å². The summed E-state index contributed by atoms with van der Waals surface area (Å²) in [4.78, 5) is 26.1. The van der Waals surface area contributed by atoms with Crippen molar-refractivity contribution in [2.24, 2.45) is 0 Å². The third-order valence-electron chi connectivity index (χ3n) is 2.84. The molecule has 6 nitrogen and oxygen atoms in total. The lowest BCUT2D eigenvalue weighted by molar-refractivity contribution is -0.385. The fourth-order valence-corrected chi connectivity index (χ4v) is 1.73. The molecular formula is C15H13N3O3. The van der Waals surface area contributed by atoms with E-state index in [2.05, 4.69) is 10.3 Å². The zero-order valence-corrected chi connectivity index (χ0v) is 11.3. The van der Waals surface area contributed by atoms with E-state index in [0.29, 0.717) is 11.3 Å². The number of nitro benzene ring substituents is 1. The maximum atomic E-state index is 11.8. The maximum Gasteiger partial charge on any atom is 0.276 e. The molecule has 0 aliphatic heterocycles. The normalized spacial score (nSPS) is 10.5. The lowest BCUT2D eigenvalue weighted by Crippen LogP contribution is -2.09. The van der Waals surface area contributed by atoms with Crippen molar-refractivity contribution >= 4 is 23.4 Å². The summed E-state index contributed by atoms with van der Waals surface area (Å²) in [6.45, 7) is 1.85. The van der Waals surface area contributed by atoms with Crippen LogP contribution in [0, 0.1) is 17.0 Å². The molecule has 106 valence electrons. The first-order valence-corrected chi connectivity index (χ1v) is 6.21. The first-order valence-electron chi connectivity index (χ1n) is 6.21. The fourth-order valence-electron chi connectivity index (χ4n) is 1.73. The number of nitrogens with one attached hydrogen (secondary N) is 1. The van der Waals surface area contributed by atoms with Crippen molar-refractivity contribution in [1.29, 1.82) is 0 Å². The summed E-state index contributed by atoms with van der Waals surface area (Å²) in [5, 5.41) is 13.5. The van der Waals surface area contributed by atoms with Crippen molar-refractivity contribution in [3.05, 3.63) is 70.0 Å². The standard InChI is InChI=1S/C15H13N3O3/c1-11-8-9-16-10-13(11)17-15(19)7-6-12-4-2-3-5-14(12)18(20)21/h2-10H,1H3,(H,17,19)/b7-6+. The molecule has 2 rings (SSSR count). The average Bonchev–Trinajstić information content (AvgIpc) is 2.48. The molecule has 1 aromatic heterocycles. The largest absolute Gasteiger partial charge is 0.321 e. The highest BCUT2D eigenvalue weighted by Gasteiger charge is 2.09. The number of hydrogen-bond donors (Lipinski definition) is 1. The topological polar surface area (TPSA) is 85.1 Å². The molecule has 1 heterocycles. The zero-order chi connectivity index (χ0) is 15.2. The van der Waals surface area contributed by atoms with Crippen molar-refractivity contribution in [1.82, 2.24) is 4.98 Å². The second-order valence-corrected chi connectivity index (χ2v) is 4.33. The van der Waals surface area contributed by atoms with Crippen molar-refractivity contribution in [2.45, 2.75) is 6.92 Å². The molecule has 0 atom stereocenters. The van der Waals surface area contributed by atoms with Gasteiger partial charge in [0.1, 0.15) is 0 Å². The molecule has 1 aromatic carbocycles. The van der Waals surface area contributed by atoms with Gasteiger partial charge in [-0.05, 0) is 30.7 Å². The summed E-state index contributed by atoms with van der Waals surface area (Å²) in [5.74, 6) is -0.371. The average molecular weight is 283 g/mol. The number of nitro groups is 1. The van der Waals surface area contributed by atoms with Crippen LogP contribution in [0.25, 0.3) is 6.08 Å². The van der Waals surface area contributed by atoms with Crippen LogP contribution in [0.4, 0.5) is 11.4 Å². The summed E-state index contributed by atoms with van der Waals surface area (Å²) < 4.78 is 0. The van der Waals surface area contributed by atoms with Gasteiger partial charge in [0.05, 0.1) is 22.4 Å². The van der Waals surface area contributed by atoms with Gasteiger partial charge >= 0.3 is 0 Å². The van der Waals surface area contributed by atoms with Crippen LogP contribution in [0.15, 0.2) is 48.8 Å². The predicted molar refractivity (Wildman–Crippen MR) is 79.7 cm³/mol. The molecule has 1 amide bonds. The summed E-state index contributed by atoms with van der Waals surface area (Å²) in [6, 6.07) is 8.01. The Balaban J connectivity index is 2.13. The Morgan fingerprint density at radius 2 is 2.10 bits per heavy atom. The van der Waals surface area contributed by atoms with Crippen LogP contribution < -0.4 is 5.32 Å². The van der Waals surface area contributed by atoms with E-state index in [9.17, 15) is 14.9 Å². The third-order valence-corrected chi connectivity index (χ3v) is 2.84. The van der Waals surface area contributed by atoms with Gasteiger partial charge in [-0.3, -0.25) is 19.9 Å². The monoisotopic (exact) mass is 283 g/mol. The number of carbonyl (C=O) groups excluding carboxylic acids is 1. The molecule has 6 heteroatoms. The molecule has 0 aliphatic carbocycles.